The maximum atomic E-state index is 13.3. The van der Waals surface area contributed by atoms with Crippen molar-refractivity contribution in [2.45, 2.75) is 32.5 Å². The molecule has 0 aliphatic carbocycles. The third-order valence-electron chi connectivity index (χ3n) is 6.82. The van der Waals surface area contributed by atoms with Gasteiger partial charge in [-0.3, -0.25) is 9.79 Å². The average molecular weight is 509 g/mol. The number of pyridine rings is 1. The number of nitrogens with one attached hydrogen (secondary N) is 1. The Balaban J connectivity index is 1.33. The maximum Gasteiger partial charge on any atom is 0.317 e. The molecule has 2 aromatic carbocycles. The van der Waals surface area contributed by atoms with Crippen molar-refractivity contribution in [3.63, 3.8) is 0 Å². The van der Waals surface area contributed by atoms with Gasteiger partial charge < -0.3 is 19.4 Å². The first-order valence-electron chi connectivity index (χ1n) is 12.7. The summed E-state index contributed by atoms with van der Waals surface area (Å²) in [5.41, 5.74) is 5.19. The highest BCUT2D eigenvalue weighted by Crippen LogP contribution is 2.32. The molecule has 192 valence electrons. The lowest BCUT2D eigenvalue weighted by molar-refractivity contribution is -0.119. The van der Waals surface area contributed by atoms with E-state index in [1.54, 1.807) is 0 Å². The van der Waals surface area contributed by atoms with Crippen molar-refractivity contribution in [2.24, 2.45) is 4.99 Å². The summed E-state index contributed by atoms with van der Waals surface area (Å²) in [4.78, 5) is 25.1. The number of aromatic nitrogens is 3. The van der Waals surface area contributed by atoms with E-state index < -0.39 is 6.17 Å². The molecule has 1 fully saturated rings. The van der Waals surface area contributed by atoms with Crippen molar-refractivity contribution in [1.29, 1.82) is 0 Å². The predicted octanol–water partition coefficient (Wildman–Crippen LogP) is 4.07. The third-order valence-corrected chi connectivity index (χ3v) is 6.82. The number of carbonyl (C=O) groups is 1. The Labute approximate surface area is 220 Å². The number of hydrogen-bond donors (Lipinski definition) is 1. The molecule has 2 aliphatic heterocycles. The molecule has 1 N–H and O–H groups in total. The van der Waals surface area contributed by atoms with Crippen LogP contribution in [0.3, 0.4) is 0 Å². The van der Waals surface area contributed by atoms with E-state index in [1.165, 1.54) is 0 Å². The van der Waals surface area contributed by atoms with E-state index in [-0.39, 0.29) is 24.3 Å². The minimum Gasteiger partial charge on any atom is -0.403 e. The molecule has 2 aliphatic rings. The number of carbonyl (C=O) groups excluding carboxylic acids is 1. The number of ether oxygens (including phenoxy) is 1. The van der Waals surface area contributed by atoms with Gasteiger partial charge in [-0.1, -0.05) is 59.7 Å². The fourth-order valence-electron chi connectivity index (χ4n) is 4.88. The molecule has 0 amide bonds. The Morgan fingerprint density at radius 3 is 2.63 bits per heavy atom. The van der Waals surface area contributed by atoms with E-state index in [1.807, 2.05) is 73.7 Å². The van der Waals surface area contributed by atoms with Crippen LogP contribution in [0.25, 0.3) is 11.5 Å². The minimum atomic E-state index is -0.874. The number of rotatable bonds is 5. The molecule has 0 radical (unpaired) electrons. The topological polar surface area (TPSA) is 106 Å². The number of nitrogens with zero attached hydrogens (tertiary/aromatic N) is 5. The van der Waals surface area contributed by atoms with Gasteiger partial charge in [-0.25, -0.2) is 4.98 Å². The van der Waals surface area contributed by atoms with E-state index in [4.69, 9.17) is 19.1 Å². The number of ketones is 1. The lowest BCUT2D eigenvalue weighted by atomic mass is 9.96. The quantitative estimate of drug-likeness (QED) is 0.430. The molecule has 4 aromatic rings. The fourth-order valence-corrected chi connectivity index (χ4v) is 4.88. The highest BCUT2D eigenvalue weighted by atomic mass is 16.5. The zero-order valence-electron chi connectivity index (χ0n) is 21.3. The molecule has 38 heavy (non-hydrogen) atoms. The molecule has 0 unspecified atom stereocenters. The zero-order chi connectivity index (χ0) is 26.1. The summed E-state index contributed by atoms with van der Waals surface area (Å²) in [5.74, 6) is 1.02. The number of aryl methyl sites for hydroxylation is 1. The summed E-state index contributed by atoms with van der Waals surface area (Å²) in [7, 11) is 0. The molecular formula is C29H28N6O3. The molecule has 2 aromatic heterocycles. The predicted molar refractivity (Wildman–Crippen MR) is 145 cm³/mol. The van der Waals surface area contributed by atoms with Crippen molar-refractivity contribution in [2.75, 3.05) is 30.0 Å². The van der Waals surface area contributed by atoms with Crippen LogP contribution in [-0.2, 0) is 16.0 Å². The number of morpholine rings is 1. The van der Waals surface area contributed by atoms with Crippen LogP contribution in [0.4, 0.5) is 11.8 Å². The summed E-state index contributed by atoms with van der Waals surface area (Å²) in [5, 5.41) is 11.6. The Morgan fingerprint density at radius 2 is 1.79 bits per heavy atom. The van der Waals surface area contributed by atoms with E-state index in [9.17, 15) is 4.79 Å². The number of aliphatic imine (C=N–C) groups is 1. The van der Waals surface area contributed by atoms with E-state index in [0.717, 1.165) is 46.0 Å². The highest BCUT2D eigenvalue weighted by molar-refractivity contribution is 6.16. The van der Waals surface area contributed by atoms with Crippen molar-refractivity contribution in [3.05, 3.63) is 89.1 Å². The number of fused-ring (bicyclic) bond motifs is 1. The lowest BCUT2D eigenvalue weighted by Crippen LogP contribution is -2.44. The van der Waals surface area contributed by atoms with Crippen LogP contribution in [0.1, 0.15) is 29.3 Å². The molecule has 0 spiro atoms. The van der Waals surface area contributed by atoms with E-state index >= 15 is 0 Å². The van der Waals surface area contributed by atoms with Crippen molar-refractivity contribution in [3.8, 4) is 11.5 Å². The lowest BCUT2D eigenvalue weighted by Gasteiger charge is -2.35. The molecule has 9 nitrogen and oxygen atoms in total. The molecule has 9 heteroatoms. The Kier molecular flexibility index (Phi) is 6.43. The Hall–Kier alpha value is -4.37. The summed E-state index contributed by atoms with van der Waals surface area (Å²) >= 11 is 0. The fraction of sp³-hybridized carbons (Fsp3) is 0.276. The van der Waals surface area contributed by atoms with Gasteiger partial charge in [0.15, 0.2) is 11.9 Å². The van der Waals surface area contributed by atoms with Crippen LogP contribution in [0.5, 0.6) is 0 Å². The summed E-state index contributed by atoms with van der Waals surface area (Å²) in [6.07, 6.45) is -0.629. The van der Waals surface area contributed by atoms with Gasteiger partial charge in [-0.2, -0.15) is 0 Å². The number of hydrogen-bond acceptors (Lipinski definition) is 9. The molecule has 6 rings (SSSR count). The molecule has 1 saturated heterocycles. The normalized spacial score (nSPS) is 19.5. The van der Waals surface area contributed by atoms with E-state index in [0.29, 0.717) is 19.1 Å². The monoisotopic (exact) mass is 508 g/mol. The molecule has 4 heterocycles. The number of benzene rings is 2. The van der Waals surface area contributed by atoms with Gasteiger partial charge in [-0.15, -0.1) is 5.10 Å². The second-order valence-electron chi connectivity index (χ2n) is 9.54. The molecule has 0 saturated carbocycles. The first-order chi connectivity index (χ1) is 18.6. The zero-order valence-corrected chi connectivity index (χ0v) is 21.3. The van der Waals surface area contributed by atoms with E-state index in [2.05, 4.69) is 27.3 Å². The maximum absolute atomic E-state index is 13.3. The summed E-state index contributed by atoms with van der Waals surface area (Å²) in [6, 6.07) is 21.9. The number of Topliss-reactive ketones (excluding diaryl/α,β-unsaturated/α-hetero) is 1. The first kappa shape index (κ1) is 24.0. The van der Waals surface area contributed by atoms with Crippen molar-refractivity contribution in [1.82, 2.24) is 15.2 Å². The van der Waals surface area contributed by atoms with Crippen LogP contribution in [0, 0.1) is 6.92 Å². The largest absolute Gasteiger partial charge is 0.403 e. The van der Waals surface area contributed by atoms with Crippen LogP contribution in [0.2, 0.25) is 0 Å². The minimum absolute atomic E-state index is 0.0806. The van der Waals surface area contributed by atoms with Gasteiger partial charge in [0, 0.05) is 29.8 Å². The molecule has 0 bridgehead atoms. The molecule has 2 atom stereocenters. The smallest absolute Gasteiger partial charge is 0.317 e. The van der Waals surface area contributed by atoms with Crippen LogP contribution < -0.4 is 10.2 Å². The number of anilines is 2. The Bertz CT molecular complexity index is 1500. The summed E-state index contributed by atoms with van der Waals surface area (Å²) < 4.78 is 11.6. The standard InChI is InChI=1S/C29H28N6O3/c1-18-12-13-23(27(30-18)35-14-15-37-17-19(35)2)28-33-34-29(38-28)32-26-24(36)16-21-10-6-7-11-22(21)25(31-26)20-8-4-3-5-9-20/h3-13,19,26H,14-17H2,1-2H3,(H,32,34)/t19-,26-/m1/s1. The van der Waals surface area contributed by atoms with Gasteiger partial charge >= 0.3 is 6.01 Å². The SMILES string of the molecule is Cc1ccc(-c2nnc(N[C@H]3N=C(c4ccccc4)c4ccccc4CC3=O)o2)c(N2CCOC[C@H]2C)n1. The summed E-state index contributed by atoms with van der Waals surface area (Å²) in [6.45, 7) is 6.03. The first-order valence-corrected chi connectivity index (χ1v) is 12.7. The van der Waals surface area contributed by atoms with Gasteiger partial charge in [0.2, 0.25) is 0 Å². The highest BCUT2D eigenvalue weighted by Gasteiger charge is 2.29. The van der Waals surface area contributed by atoms with Gasteiger partial charge in [0.05, 0.1) is 30.5 Å². The van der Waals surface area contributed by atoms with Gasteiger partial charge in [0.25, 0.3) is 5.89 Å². The van der Waals surface area contributed by atoms with Crippen LogP contribution in [-0.4, -0.2) is 58.6 Å². The third kappa shape index (κ3) is 4.68. The second-order valence-corrected chi connectivity index (χ2v) is 9.54. The van der Waals surface area contributed by atoms with Gasteiger partial charge in [0.1, 0.15) is 5.82 Å². The second kappa shape index (κ2) is 10.2. The van der Waals surface area contributed by atoms with Crippen molar-refractivity contribution < 1.29 is 13.9 Å². The van der Waals surface area contributed by atoms with Gasteiger partial charge in [-0.05, 0) is 31.5 Å². The van der Waals surface area contributed by atoms with Crippen LogP contribution in [0.15, 0.2) is 76.1 Å². The van der Waals surface area contributed by atoms with Crippen LogP contribution >= 0.6 is 0 Å². The average Bonchev–Trinajstić information content (AvgIpc) is 3.35. The Morgan fingerprint density at radius 1 is 0.974 bits per heavy atom. The molecular weight excluding hydrogens is 480 g/mol. The van der Waals surface area contributed by atoms with Crippen molar-refractivity contribution >= 4 is 23.3 Å².